The highest BCUT2D eigenvalue weighted by Gasteiger charge is 2.37. The van der Waals surface area contributed by atoms with E-state index in [2.05, 4.69) is 9.97 Å². The highest BCUT2D eigenvalue weighted by atomic mass is 16.2. The van der Waals surface area contributed by atoms with Crippen molar-refractivity contribution in [2.75, 3.05) is 7.05 Å². The van der Waals surface area contributed by atoms with Crippen molar-refractivity contribution in [3.8, 4) is 16.9 Å². The molecule has 3 aromatic heterocycles. The number of carbonyl (C=O) groups excluding carboxylic acids is 2. The molecule has 4 aromatic rings. The lowest BCUT2D eigenvalue weighted by molar-refractivity contribution is 0.0693. The van der Waals surface area contributed by atoms with Crippen LogP contribution in [0.5, 0.6) is 0 Å². The minimum atomic E-state index is -0.350. The van der Waals surface area contributed by atoms with E-state index in [1.54, 1.807) is 17.1 Å². The average molecular weight is 355 g/mol. The Balaban J connectivity index is 1.92. The molecular formula is C20H13N5O2. The number of carbonyl (C=O) groups is 2. The van der Waals surface area contributed by atoms with E-state index in [9.17, 15) is 9.59 Å². The standard InChI is InChI=1S/C20H13N5O2/c1-24-19(26)14-11-22-18-16(15(14)20(24)27)17(12-7-9-21-10-8-12)23-25(18)13-5-3-2-4-6-13/h2-11H,1H3. The fraction of sp³-hybridized carbons (Fsp3) is 0.0500. The molecule has 1 aliphatic heterocycles. The predicted octanol–water partition coefficient (Wildman–Crippen LogP) is 2.71. The molecule has 7 heteroatoms. The van der Waals surface area contributed by atoms with Gasteiger partial charge in [-0.15, -0.1) is 0 Å². The summed E-state index contributed by atoms with van der Waals surface area (Å²) in [5.74, 6) is -0.692. The van der Waals surface area contributed by atoms with Gasteiger partial charge < -0.3 is 0 Å². The zero-order chi connectivity index (χ0) is 18.5. The average Bonchev–Trinajstić information content (AvgIpc) is 3.21. The van der Waals surface area contributed by atoms with Crippen molar-refractivity contribution in [1.82, 2.24) is 24.6 Å². The quantitative estimate of drug-likeness (QED) is 0.517. The van der Waals surface area contributed by atoms with Crippen LogP contribution in [0.15, 0.2) is 61.1 Å². The molecule has 0 aliphatic carbocycles. The first-order valence-corrected chi connectivity index (χ1v) is 8.37. The molecule has 0 fully saturated rings. The van der Waals surface area contributed by atoms with E-state index in [0.29, 0.717) is 27.9 Å². The Hall–Kier alpha value is -3.87. The van der Waals surface area contributed by atoms with Gasteiger partial charge in [-0.25, -0.2) is 9.67 Å². The molecule has 0 unspecified atom stereocenters. The summed E-state index contributed by atoms with van der Waals surface area (Å²) in [7, 11) is 1.48. The Kier molecular flexibility index (Phi) is 3.17. The number of imide groups is 1. The van der Waals surface area contributed by atoms with E-state index in [0.717, 1.165) is 16.2 Å². The highest BCUT2D eigenvalue weighted by Crippen LogP contribution is 2.35. The molecule has 1 aliphatic rings. The van der Waals surface area contributed by atoms with E-state index in [-0.39, 0.29) is 11.8 Å². The van der Waals surface area contributed by atoms with Gasteiger partial charge in [0.15, 0.2) is 5.65 Å². The van der Waals surface area contributed by atoms with Crippen molar-refractivity contribution < 1.29 is 9.59 Å². The van der Waals surface area contributed by atoms with Crippen LogP contribution in [0.2, 0.25) is 0 Å². The van der Waals surface area contributed by atoms with Gasteiger partial charge >= 0.3 is 0 Å². The SMILES string of the molecule is CN1C(=O)c2cnc3c(c(-c4ccncc4)nn3-c3ccccc3)c2C1=O. The zero-order valence-corrected chi connectivity index (χ0v) is 14.3. The summed E-state index contributed by atoms with van der Waals surface area (Å²) in [6.45, 7) is 0. The number of fused-ring (bicyclic) bond motifs is 3. The maximum atomic E-state index is 12.8. The first-order chi connectivity index (χ1) is 13.2. The number of pyridine rings is 2. The fourth-order valence-corrected chi connectivity index (χ4v) is 3.37. The maximum absolute atomic E-state index is 12.8. The third kappa shape index (κ3) is 2.11. The van der Waals surface area contributed by atoms with Gasteiger partial charge in [-0.3, -0.25) is 19.5 Å². The molecule has 0 radical (unpaired) electrons. The third-order valence-corrected chi connectivity index (χ3v) is 4.70. The molecule has 0 spiro atoms. The number of rotatable bonds is 2. The molecular weight excluding hydrogens is 342 g/mol. The normalized spacial score (nSPS) is 13.4. The number of benzene rings is 1. The second-order valence-corrected chi connectivity index (χ2v) is 6.25. The third-order valence-electron chi connectivity index (χ3n) is 4.70. The molecule has 7 nitrogen and oxygen atoms in total. The molecule has 0 bridgehead atoms. The Morgan fingerprint density at radius 2 is 1.67 bits per heavy atom. The van der Waals surface area contributed by atoms with Gasteiger partial charge in [0.05, 0.1) is 22.2 Å². The minimum Gasteiger partial charge on any atom is -0.277 e. The van der Waals surface area contributed by atoms with Crippen molar-refractivity contribution in [3.63, 3.8) is 0 Å². The van der Waals surface area contributed by atoms with Crippen LogP contribution in [0, 0.1) is 0 Å². The van der Waals surface area contributed by atoms with Crippen LogP contribution in [-0.2, 0) is 0 Å². The number of aromatic nitrogens is 4. The molecule has 27 heavy (non-hydrogen) atoms. The summed E-state index contributed by atoms with van der Waals surface area (Å²) in [6.07, 6.45) is 4.79. The fourth-order valence-electron chi connectivity index (χ4n) is 3.37. The summed E-state index contributed by atoms with van der Waals surface area (Å²) in [5, 5.41) is 5.31. The number of para-hydroxylation sites is 1. The Morgan fingerprint density at radius 1 is 0.926 bits per heavy atom. The van der Waals surface area contributed by atoms with Gasteiger partial charge in [0.25, 0.3) is 11.8 Å². The number of hydrogen-bond acceptors (Lipinski definition) is 5. The molecule has 4 heterocycles. The molecule has 1 aromatic carbocycles. The van der Waals surface area contributed by atoms with E-state index in [1.165, 1.54) is 13.2 Å². The smallest absolute Gasteiger partial charge is 0.262 e. The number of hydrogen-bond donors (Lipinski definition) is 0. The van der Waals surface area contributed by atoms with Crippen molar-refractivity contribution in [2.24, 2.45) is 0 Å². The molecule has 2 amide bonds. The summed E-state index contributed by atoms with van der Waals surface area (Å²) >= 11 is 0. The Bertz CT molecular complexity index is 1220. The molecule has 0 saturated heterocycles. The summed E-state index contributed by atoms with van der Waals surface area (Å²) in [4.78, 5) is 34.8. The lowest BCUT2D eigenvalue weighted by Crippen LogP contribution is -2.24. The molecule has 5 rings (SSSR count). The highest BCUT2D eigenvalue weighted by molar-refractivity contribution is 6.27. The number of nitrogens with zero attached hydrogens (tertiary/aromatic N) is 5. The summed E-state index contributed by atoms with van der Waals surface area (Å²) in [5.41, 5.74) is 3.40. The predicted molar refractivity (Wildman–Crippen MR) is 98.5 cm³/mol. The van der Waals surface area contributed by atoms with Crippen molar-refractivity contribution >= 4 is 22.8 Å². The van der Waals surface area contributed by atoms with E-state index in [1.807, 2.05) is 42.5 Å². The van der Waals surface area contributed by atoms with Crippen LogP contribution >= 0.6 is 0 Å². The van der Waals surface area contributed by atoms with Crippen molar-refractivity contribution in [2.45, 2.75) is 0 Å². The summed E-state index contributed by atoms with van der Waals surface area (Å²) < 4.78 is 1.70. The lowest BCUT2D eigenvalue weighted by atomic mass is 10.0. The van der Waals surface area contributed by atoms with E-state index >= 15 is 0 Å². The van der Waals surface area contributed by atoms with E-state index in [4.69, 9.17) is 5.10 Å². The van der Waals surface area contributed by atoms with Gasteiger partial charge in [-0.2, -0.15) is 5.10 Å². The lowest BCUT2D eigenvalue weighted by Gasteiger charge is -2.03. The first kappa shape index (κ1) is 15.4. The Labute approximate surface area is 153 Å². The molecule has 0 atom stereocenters. The van der Waals surface area contributed by atoms with Gasteiger partial charge in [0.2, 0.25) is 0 Å². The minimum absolute atomic E-state index is 0.304. The maximum Gasteiger partial charge on any atom is 0.262 e. The second-order valence-electron chi connectivity index (χ2n) is 6.25. The van der Waals surface area contributed by atoms with Crippen molar-refractivity contribution in [1.29, 1.82) is 0 Å². The first-order valence-electron chi connectivity index (χ1n) is 8.37. The topological polar surface area (TPSA) is 81.0 Å². The van der Waals surface area contributed by atoms with Crippen LogP contribution in [0.1, 0.15) is 20.7 Å². The van der Waals surface area contributed by atoms with Crippen molar-refractivity contribution in [3.05, 3.63) is 72.2 Å². The summed E-state index contributed by atoms with van der Waals surface area (Å²) in [6, 6.07) is 13.2. The van der Waals surface area contributed by atoms with Crippen LogP contribution < -0.4 is 0 Å². The number of amides is 2. The zero-order valence-electron chi connectivity index (χ0n) is 14.3. The van der Waals surface area contributed by atoms with Gasteiger partial charge in [-0.05, 0) is 24.3 Å². The monoisotopic (exact) mass is 355 g/mol. The van der Waals surface area contributed by atoms with Crippen LogP contribution in [-0.4, -0.2) is 43.5 Å². The largest absolute Gasteiger partial charge is 0.277 e. The Morgan fingerprint density at radius 3 is 2.41 bits per heavy atom. The van der Waals surface area contributed by atoms with Crippen LogP contribution in [0.3, 0.4) is 0 Å². The van der Waals surface area contributed by atoms with Gasteiger partial charge in [0, 0.05) is 31.2 Å². The van der Waals surface area contributed by atoms with Gasteiger partial charge in [-0.1, -0.05) is 18.2 Å². The van der Waals surface area contributed by atoms with Gasteiger partial charge in [0.1, 0.15) is 5.69 Å². The molecule has 0 saturated carbocycles. The van der Waals surface area contributed by atoms with Crippen LogP contribution in [0.4, 0.5) is 0 Å². The second kappa shape index (κ2) is 5.57. The van der Waals surface area contributed by atoms with Crippen LogP contribution in [0.25, 0.3) is 28.0 Å². The molecule has 130 valence electrons. The molecule has 0 N–H and O–H groups in total. The van der Waals surface area contributed by atoms with E-state index < -0.39 is 0 Å².